The molecule has 1 N–H and O–H groups in total. The topological polar surface area (TPSA) is 77.1 Å². The van der Waals surface area contributed by atoms with Crippen LogP contribution in [0.15, 0.2) is 9.59 Å². The standard InChI is InChI=1S/C15H20N6O2/c1-4-5-8-21-11-12(18(2)15(23)19(3)13(11)22)17-14(21)20-9-6-16-7-10-20/h16H,6-10H2,1-3H3. The van der Waals surface area contributed by atoms with Crippen LogP contribution in [0.25, 0.3) is 11.2 Å². The Morgan fingerprint density at radius 2 is 1.87 bits per heavy atom. The maximum absolute atomic E-state index is 12.6. The van der Waals surface area contributed by atoms with Crippen molar-refractivity contribution >= 4 is 17.1 Å². The van der Waals surface area contributed by atoms with E-state index in [-0.39, 0.29) is 11.2 Å². The SMILES string of the molecule is CC#CCn1c(N2CCNCC2)nc2c1c(=O)n(C)c(=O)n2C. The summed E-state index contributed by atoms with van der Waals surface area (Å²) in [6.07, 6.45) is 0. The van der Waals surface area contributed by atoms with Gasteiger partial charge in [0.05, 0.1) is 6.54 Å². The lowest BCUT2D eigenvalue weighted by Crippen LogP contribution is -2.44. The molecule has 0 unspecified atom stereocenters. The van der Waals surface area contributed by atoms with Crippen molar-refractivity contribution in [3.63, 3.8) is 0 Å². The van der Waals surface area contributed by atoms with E-state index in [1.54, 1.807) is 14.0 Å². The Bertz CT molecular complexity index is 918. The minimum Gasteiger partial charge on any atom is -0.340 e. The fourth-order valence-corrected chi connectivity index (χ4v) is 2.85. The molecule has 0 saturated carbocycles. The van der Waals surface area contributed by atoms with Crippen molar-refractivity contribution in [1.82, 2.24) is 24.0 Å². The van der Waals surface area contributed by atoms with Gasteiger partial charge in [0.2, 0.25) is 5.95 Å². The van der Waals surface area contributed by atoms with E-state index in [0.717, 1.165) is 30.7 Å². The Morgan fingerprint density at radius 3 is 2.52 bits per heavy atom. The quantitative estimate of drug-likeness (QED) is 0.709. The molecule has 122 valence electrons. The molecule has 2 aromatic rings. The number of aryl methyl sites for hydroxylation is 1. The highest BCUT2D eigenvalue weighted by Crippen LogP contribution is 2.19. The van der Waals surface area contributed by atoms with Crippen LogP contribution in [0.5, 0.6) is 0 Å². The van der Waals surface area contributed by atoms with Gasteiger partial charge in [0, 0.05) is 40.3 Å². The zero-order valence-corrected chi connectivity index (χ0v) is 13.6. The van der Waals surface area contributed by atoms with Crippen molar-refractivity contribution in [3.8, 4) is 11.8 Å². The van der Waals surface area contributed by atoms with Crippen molar-refractivity contribution in [1.29, 1.82) is 0 Å². The molecule has 0 amide bonds. The van der Waals surface area contributed by atoms with E-state index in [4.69, 9.17) is 0 Å². The summed E-state index contributed by atoms with van der Waals surface area (Å²) >= 11 is 0. The molecular weight excluding hydrogens is 296 g/mol. The van der Waals surface area contributed by atoms with Gasteiger partial charge in [-0.1, -0.05) is 5.92 Å². The first kappa shape index (κ1) is 15.4. The van der Waals surface area contributed by atoms with Crippen molar-refractivity contribution in [3.05, 3.63) is 20.8 Å². The van der Waals surface area contributed by atoms with Crippen LogP contribution in [0.2, 0.25) is 0 Å². The van der Waals surface area contributed by atoms with E-state index >= 15 is 0 Å². The number of nitrogens with one attached hydrogen (secondary N) is 1. The molecule has 2 aromatic heterocycles. The smallest absolute Gasteiger partial charge is 0.332 e. The molecule has 0 bridgehead atoms. The van der Waals surface area contributed by atoms with Crippen LogP contribution in [0.4, 0.5) is 5.95 Å². The lowest BCUT2D eigenvalue weighted by Gasteiger charge is -2.28. The molecule has 1 fully saturated rings. The number of fused-ring (bicyclic) bond motifs is 1. The first-order chi connectivity index (χ1) is 11.1. The number of piperazine rings is 1. The summed E-state index contributed by atoms with van der Waals surface area (Å²) in [6.45, 7) is 5.46. The number of rotatable bonds is 2. The molecule has 1 saturated heterocycles. The molecule has 8 heteroatoms. The van der Waals surface area contributed by atoms with E-state index in [0.29, 0.717) is 23.7 Å². The van der Waals surface area contributed by atoms with Gasteiger partial charge in [0.25, 0.3) is 5.56 Å². The van der Waals surface area contributed by atoms with E-state index in [9.17, 15) is 9.59 Å². The molecule has 0 radical (unpaired) electrons. The lowest BCUT2D eigenvalue weighted by atomic mass is 10.4. The summed E-state index contributed by atoms with van der Waals surface area (Å²) in [5, 5.41) is 3.29. The van der Waals surface area contributed by atoms with Crippen molar-refractivity contribution in [2.45, 2.75) is 13.5 Å². The number of anilines is 1. The van der Waals surface area contributed by atoms with E-state index in [1.807, 2.05) is 4.57 Å². The fraction of sp³-hybridized carbons (Fsp3) is 0.533. The Hall–Kier alpha value is -2.53. The fourth-order valence-electron chi connectivity index (χ4n) is 2.85. The van der Waals surface area contributed by atoms with Crippen LogP contribution in [0.1, 0.15) is 6.92 Å². The Labute approximate surface area is 133 Å². The number of imidazole rings is 1. The van der Waals surface area contributed by atoms with Gasteiger partial charge < -0.3 is 10.2 Å². The second-order valence-electron chi connectivity index (χ2n) is 5.54. The highest BCUT2D eigenvalue weighted by molar-refractivity contribution is 5.74. The molecule has 1 aliphatic rings. The van der Waals surface area contributed by atoms with E-state index < -0.39 is 0 Å². The van der Waals surface area contributed by atoms with Crippen molar-refractivity contribution < 1.29 is 0 Å². The summed E-state index contributed by atoms with van der Waals surface area (Å²) in [4.78, 5) is 31.4. The zero-order valence-electron chi connectivity index (χ0n) is 13.6. The first-order valence-electron chi connectivity index (χ1n) is 7.57. The molecular formula is C15H20N6O2. The van der Waals surface area contributed by atoms with Crippen molar-refractivity contribution in [2.24, 2.45) is 14.1 Å². The minimum atomic E-state index is -0.374. The number of hydrogen-bond acceptors (Lipinski definition) is 5. The number of aromatic nitrogens is 4. The number of nitrogens with zero attached hydrogens (tertiary/aromatic N) is 5. The van der Waals surface area contributed by atoms with Crippen LogP contribution >= 0.6 is 0 Å². The third kappa shape index (κ3) is 2.43. The second-order valence-corrected chi connectivity index (χ2v) is 5.54. The van der Waals surface area contributed by atoms with Crippen LogP contribution in [-0.2, 0) is 20.6 Å². The van der Waals surface area contributed by atoms with Crippen LogP contribution in [0.3, 0.4) is 0 Å². The maximum atomic E-state index is 12.6. The Balaban J connectivity index is 2.32. The largest absolute Gasteiger partial charge is 0.340 e. The Kier molecular flexibility index (Phi) is 3.96. The lowest BCUT2D eigenvalue weighted by molar-refractivity contribution is 0.573. The average Bonchev–Trinajstić information content (AvgIpc) is 2.96. The molecule has 3 rings (SSSR count). The van der Waals surface area contributed by atoms with Crippen LogP contribution < -0.4 is 21.5 Å². The second kappa shape index (κ2) is 5.93. The van der Waals surface area contributed by atoms with E-state index in [1.165, 1.54) is 11.6 Å². The summed E-state index contributed by atoms with van der Waals surface area (Å²) < 4.78 is 4.35. The highest BCUT2D eigenvalue weighted by atomic mass is 16.2. The summed E-state index contributed by atoms with van der Waals surface area (Å²) in [7, 11) is 3.12. The minimum absolute atomic E-state index is 0.338. The molecule has 1 aliphatic heterocycles. The third-order valence-electron chi connectivity index (χ3n) is 4.14. The van der Waals surface area contributed by atoms with Gasteiger partial charge in [0.1, 0.15) is 0 Å². The van der Waals surface area contributed by atoms with Crippen molar-refractivity contribution in [2.75, 3.05) is 31.1 Å². The average molecular weight is 316 g/mol. The molecule has 3 heterocycles. The highest BCUT2D eigenvalue weighted by Gasteiger charge is 2.23. The summed E-state index contributed by atoms with van der Waals surface area (Å²) in [6, 6.07) is 0. The van der Waals surface area contributed by atoms with Crippen LogP contribution in [0, 0.1) is 11.8 Å². The summed E-state index contributed by atoms with van der Waals surface area (Å²) in [5.74, 6) is 6.55. The van der Waals surface area contributed by atoms with Gasteiger partial charge in [-0.15, -0.1) is 5.92 Å². The first-order valence-corrected chi connectivity index (χ1v) is 7.57. The van der Waals surface area contributed by atoms with Crippen LogP contribution in [-0.4, -0.2) is 44.9 Å². The van der Waals surface area contributed by atoms with Gasteiger partial charge in [-0.05, 0) is 6.92 Å². The molecule has 0 spiro atoms. The van der Waals surface area contributed by atoms with Gasteiger partial charge in [0.15, 0.2) is 11.2 Å². The third-order valence-corrected chi connectivity index (χ3v) is 4.14. The summed E-state index contributed by atoms with van der Waals surface area (Å²) in [5.41, 5.74) is 0.117. The predicted molar refractivity (Wildman–Crippen MR) is 88.7 cm³/mol. The predicted octanol–water partition coefficient (Wildman–Crippen LogP) is -1.13. The van der Waals surface area contributed by atoms with Gasteiger partial charge in [-0.25, -0.2) is 4.79 Å². The maximum Gasteiger partial charge on any atom is 0.332 e. The molecule has 0 aromatic carbocycles. The molecule has 0 atom stereocenters. The zero-order chi connectivity index (χ0) is 16.6. The van der Waals surface area contributed by atoms with E-state index in [2.05, 4.69) is 27.0 Å². The Morgan fingerprint density at radius 1 is 1.17 bits per heavy atom. The van der Waals surface area contributed by atoms with Gasteiger partial charge >= 0.3 is 5.69 Å². The van der Waals surface area contributed by atoms with Gasteiger partial charge in [-0.3, -0.25) is 18.5 Å². The monoisotopic (exact) mass is 316 g/mol. The molecule has 8 nitrogen and oxygen atoms in total. The van der Waals surface area contributed by atoms with Gasteiger partial charge in [-0.2, -0.15) is 4.98 Å². The number of hydrogen-bond donors (Lipinski definition) is 1. The normalized spacial score (nSPS) is 14.8. The molecule has 23 heavy (non-hydrogen) atoms. The molecule has 0 aliphatic carbocycles.